The molecule has 2 aromatic rings. The highest BCUT2D eigenvalue weighted by Crippen LogP contribution is 2.25. The van der Waals surface area contributed by atoms with Crippen LogP contribution in [-0.4, -0.2) is 9.97 Å². The van der Waals surface area contributed by atoms with Gasteiger partial charge in [0.2, 0.25) is 0 Å². The number of pyridine rings is 1. The normalized spacial score (nSPS) is 13.2. The number of thiazole rings is 1. The van der Waals surface area contributed by atoms with Crippen molar-refractivity contribution in [2.75, 3.05) is 5.32 Å². The van der Waals surface area contributed by atoms with Gasteiger partial charge >= 0.3 is 0 Å². The van der Waals surface area contributed by atoms with Crippen LogP contribution in [0.5, 0.6) is 0 Å². The van der Waals surface area contributed by atoms with Crippen molar-refractivity contribution >= 4 is 17.2 Å². The summed E-state index contributed by atoms with van der Waals surface area (Å²) in [5, 5.41) is 4.53. The molecule has 108 valence electrons. The van der Waals surface area contributed by atoms with Gasteiger partial charge in [0.25, 0.3) is 0 Å². The van der Waals surface area contributed by atoms with Gasteiger partial charge in [0.1, 0.15) is 10.8 Å². The van der Waals surface area contributed by atoms with Crippen molar-refractivity contribution in [3.8, 4) is 0 Å². The number of hydrogen-bond acceptors (Lipinski definition) is 4. The van der Waals surface area contributed by atoms with Crippen molar-refractivity contribution in [3.05, 3.63) is 40.0 Å². The third-order valence-electron chi connectivity index (χ3n) is 3.28. The van der Waals surface area contributed by atoms with Crippen LogP contribution in [0.25, 0.3) is 0 Å². The molecule has 0 radical (unpaired) electrons. The zero-order chi connectivity index (χ0) is 14.8. The zero-order valence-electron chi connectivity index (χ0n) is 12.9. The summed E-state index contributed by atoms with van der Waals surface area (Å²) < 4.78 is 0. The van der Waals surface area contributed by atoms with Crippen molar-refractivity contribution in [1.29, 1.82) is 0 Å². The van der Waals surface area contributed by atoms with Crippen LogP contribution in [0.15, 0.2) is 24.5 Å². The number of hydrogen-bond donors (Lipinski definition) is 1. The number of anilines is 1. The van der Waals surface area contributed by atoms with Gasteiger partial charge in [-0.05, 0) is 30.4 Å². The van der Waals surface area contributed by atoms with Crippen LogP contribution in [0.3, 0.4) is 0 Å². The van der Waals surface area contributed by atoms with E-state index in [1.165, 1.54) is 10.4 Å². The number of rotatable bonds is 4. The van der Waals surface area contributed by atoms with Gasteiger partial charge in [0.05, 0.1) is 6.04 Å². The Bertz CT molecular complexity index is 552. The number of nitrogens with zero attached hydrogens (tertiary/aromatic N) is 2. The molecule has 0 aliphatic carbocycles. The summed E-state index contributed by atoms with van der Waals surface area (Å²) in [6.07, 6.45) is 4.96. The quantitative estimate of drug-likeness (QED) is 0.896. The first-order valence-corrected chi connectivity index (χ1v) is 7.89. The highest BCUT2D eigenvalue weighted by atomic mass is 32.1. The lowest BCUT2D eigenvalue weighted by Crippen LogP contribution is -2.12. The fraction of sp³-hybridized carbons (Fsp3) is 0.500. The second-order valence-corrected chi connectivity index (χ2v) is 7.21. The molecule has 1 unspecified atom stereocenters. The van der Waals surface area contributed by atoms with Crippen molar-refractivity contribution < 1.29 is 0 Å². The van der Waals surface area contributed by atoms with E-state index in [9.17, 15) is 0 Å². The van der Waals surface area contributed by atoms with E-state index in [0.717, 1.165) is 17.2 Å². The van der Waals surface area contributed by atoms with E-state index in [2.05, 4.69) is 56.0 Å². The smallest absolute Gasteiger partial charge is 0.126 e. The minimum absolute atomic E-state index is 0.141. The van der Waals surface area contributed by atoms with E-state index >= 15 is 0 Å². The second kappa shape index (κ2) is 5.92. The standard InChI is InChI=1S/C16H23N3S/c1-6-13-10-18-15(20-13)11(2)19-14-8-7-12(9-17-14)16(3,4)5/h7-11H,6H2,1-5H3,(H,17,19). The Balaban J connectivity index is 2.06. The van der Waals surface area contributed by atoms with E-state index in [0.29, 0.717) is 0 Å². The Kier molecular flexibility index (Phi) is 4.43. The Morgan fingerprint density at radius 3 is 2.45 bits per heavy atom. The summed E-state index contributed by atoms with van der Waals surface area (Å²) in [7, 11) is 0. The Labute approximate surface area is 125 Å². The molecule has 0 aromatic carbocycles. The van der Waals surface area contributed by atoms with Gasteiger partial charge in [-0.25, -0.2) is 9.97 Å². The first kappa shape index (κ1) is 15.0. The van der Waals surface area contributed by atoms with E-state index in [-0.39, 0.29) is 11.5 Å². The highest BCUT2D eigenvalue weighted by molar-refractivity contribution is 7.11. The van der Waals surface area contributed by atoms with Crippen LogP contribution in [0.4, 0.5) is 5.82 Å². The van der Waals surface area contributed by atoms with Crippen molar-refractivity contribution in [3.63, 3.8) is 0 Å². The molecule has 2 aromatic heterocycles. The summed E-state index contributed by atoms with van der Waals surface area (Å²) >= 11 is 1.77. The Morgan fingerprint density at radius 2 is 1.95 bits per heavy atom. The molecule has 0 saturated carbocycles. The van der Waals surface area contributed by atoms with E-state index in [4.69, 9.17) is 0 Å². The number of aromatic nitrogens is 2. The lowest BCUT2D eigenvalue weighted by atomic mass is 9.88. The van der Waals surface area contributed by atoms with Gasteiger partial charge < -0.3 is 5.32 Å². The van der Waals surface area contributed by atoms with Crippen LogP contribution in [0, 0.1) is 0 Å². The van der Waals surface area contributed by atoms with Crippen molar-refractivity contribution in [2.24, 2.45) is 0 Å². The predicted molar refractivity (Wildman–Crippen MR) is 86.5 cm³/mol. The first-order chi connectivity index (χ1) is 9.40. The molecule has 0 saturated heterocycles. The predicted octanol–water partition coefficient (Wildman–Crippen LogP) is 4.57. The number of aryl methyl sites for hydroxylation is 1. The number of nitrogens with one attached hydrogen (secondary N) is 1. The molecule has 2 rings (SSSR count). The van der Waals surface area contributed by atoms with Crippen LogP contribution < -0.4 is 5.32 Å². The largest absolute Gasteiger partial charge is 0.361 e. The average molecular weight is 289 g/mol. The average Bonchev–Trinajstić information content (AvgIpc) is 2.87. The molecule has 0 aliphatic heterocycles. The summed E-state index contributed by atoms with van der Waals surface area (Å²) in [6, 6.07) is 4.38. The van der Waals surface area contributed by atoms with Gasteiger partial charge in [-0.3, -0.25) is 0 Å². The minimum atomic E-state index is 0.141. The van der Waals surface area contributed by atoms with Crippen LogP contribution >= 0.6 is 11.3 Å². The maximum Gasteiger partial charge on any atom is 0.126 e. The first-order valence-electron chi connectivity index (χ1n) is 7.08. The second-order valence-electron chi connectivity index (χ2n) is 6.07. The maximum absolute atomic E-state index is 4.50. The minimum Gasteiger partial charge on any atom is -0.361 e. The molecule has 2 heterocycles. The van der Waals surface area contributed by atoms with E-state index < -0.39 is 0 Å². The summed E-state index contributed by atoms with van der Waals surface area (Å²) in [5.41, 5.74) is 1.39. The molecule has 1 N–H and O–H groups in total. The summed E-state index contributed by atoms with van der Waals surface area (Å²) in [6.45, 7) is 10.9. The Hall–Kier alpha value is -1.42. The molecular formula is C16H23N3S. The molecule has 4 heteroatoms. The van der Waals surface area contributed by atoms with E-state index in [1.54, 1.807) is 11.3 Å². The van der Waals surface area contributed by atoms with Crippen molar-refractivity contribution in [1.82, 2.24) is 9.97 Å². The van der Waals surface area contributed by atoms with E-state index in [1.807, 2.05) is 18.5 Å². The van der Waals surface area contributed by atoms with Gasteiger partial charge in [0.15, 0.2) is 0 Å². The Morgan fingerprint density at radius 1 is 1.20 bits per heavy atom. The SMILES string of the molecule is CCc1cnc(C(C)Nc2ccc(C(C)(C)C)cn2)s1. The lowest BCUT2D eigenvalue weighted by molar-refractivity contribution is 0.587. The molecule has 0 amide bonds. The topological polar surface area (TPSA) is 37.8 Å². The maximum atomic E-state index is 4.50. The molecule has 0 fully saturated rings. The summed E-state index contributed by atoms with van der Waals surface area (Å²) in [5.74, 6) is 0.902. The fourth-order valence-electron chi connectivity index (χ4n) is 1.89. The summed E-state index contributed by atoms with van der Waals surface area (Å²) in [4.78, 5) is 10.3. The van der Waals surface area contributed by atoms with Gasteiger partial charge in [-0.1, -0.05) is 33.8 Å². The van der Waals surface area contributed by atoms with Crippen LogP contribution in [-0.2, 0) is 11.8 Å². The third-order valence-corrected chi connectivity index (χ3v) is 4.61. The molecule has 20 heavy (non-hydrogen) atoms. The molecule has 0 spiro atoms. The molecule has 3 nitrogen and oxygen atoms in total. The molecule has 0 bridgehead atoms. The fourth-order valence-corrected chi connectivity index (χ4v) is 2.75. The monoisotopic (exact) mass is 289 g/mol. The van der Waals surface area contributed by atoms with Gasteiger partial charge in [0, 0.05) is 17.3 Å². The molecular weight excluding hydrogens is 266 g/mol. The van der Waals surface area contributed by atoms with Gasteiger partial charge in [-0.2, -0.15) is 0 Å². The van der Waals surface area contributed by atoms with Crippen LogP contribution in [0.2, 0.25) is 0 Å². The molecule has 0 aliphatic rings. The molecule has 1 atom stereocenters. The van der Waals surface area contributed by atoms with Gasteiger partial charge in [-0.15, -0.1) is 11.3 Å². The van der Waals surface area contributed by atoms with Crippen molar-refractivity contribution in [2.45, 2.75) is 52.5 Å². The van der Waals surface area contributed by atoms with Crippen LogP contribution in [0.1, 0.15) is 56.1 Å². The zero-order valence-corrected chi connectivity index (χ0v) is 13.7. The lowest BCUT2D eigenvalue weighted by Gasteiger charge is -2.19. The third kappa shape index (κ3) is 3.57. The highest BCUT2D eigenvalue weighted by Gasteiger charge is 2.15.